The van der Waals surface area contributed by atoms with E-state index in [1.165, 1.54) is 19.2 Å². The van der Waals surface area contributed by atoms with Crippen molar-refractivity contribution in [2.24, 2.45) is 0 Å². The maximum absolute atomic E-state index is 13.1. The zero-order valence-electron chi connectivity index (χ0n) is 11.2. The molecule has 0 saturated heterocycles. The minimum atomic E-state index is -0.448. The fourth-order valence-corrected chi connectivity index (χ4v) is 2.06. The first-order chi connectivity index (χ1) is 9.51. The number of anilines is 1. The van der Waals surface area contributed by atoms with Crippen molar-refractivity contribution >= 4 is 17.3 Å². The van der Waals surface area contributed by atoms with Crippen molar-refractivity contribution in [3.05, 3.63) is 52.8 Å². The van der Waals surface area contributed by atoms with Crippen LogP contribution in [0.1, 0.15) is 18.5 Å². The normalized spacial score (nSPS) is 12.0. The maximum atomic E-state index is 13.1. The van der Waals surface area contributed by atoms with E-state index in [0.717, 1.165) is 11.3 Å². The molecule has 20 heavy (non-hydrogen) atoms. The maximum Gasteiger partial charge on any atom is 0.160 e. The molecule has 1 atom stereocenters. The van der Waals surface area contributed by atoms with Gasteiger partial charge >= 0.3 is 0 Å². The van der Waals surface area contributed by atoms with Gasteiger partial charge in [-0.15, -0.1) is 0 Å². The number of hydrogen-bond acceptors (Lipinski definition) is 3. The van der Waals surface area contributed by atoms with Gasteiger partial charge in [-0.25, -0.2) is 4.39 Å². The van der Waals surface area contributed by atoms with Crippen LogP contribution in [-0.4, -0.2) is 12.2 Å². The van der Waals surface area contributed by atoms with E-state index in [4.69, 9.17) is 16.3 Å². The van der Waals surface area contributed by atoms with Gasteiger partial charge in [0, 0.05) is 11.7 Å². The molecule has 0 fully saturated rings. The highest BCUT2D eigenvalue weighted by Gasteiger charge is 2.10. The highest BCUT2D eigenvalue weighted by Crippen LogP contribution is 2.30. The van der Waals surface area contributed by atoms with E-state index in [9.17, 15) is 9.50 Å². The van der Waals surface area contributed by atoms with Gasteiger partial charge in [-0.05, 0) is 42.8 Å². The molecule has 5 heteroatoms. The van der Waals surface area contributed by atoms with Crippen LogP contribution in [0.15, 0.2) is 36.4 Å². The standard InChI is InChI=1S/C15H15ClFNO2/c1-9(10-3-6-14(19)15(7-10)20-2)18-11-4-5-13(17)12(16)8-11/h3-9,18-19H,1-2H3. The molecule has 3 nitrogen and oxygen atoms in total. The Morgan fingerprint density at radius 3 is 2.65 bits per heavy atom. The average Bonchev–Trinajstić information content (AvgIpc) is 2.43. The molecule has 0 spiro atoms. The molecule has 0 heterocycles. The molecule has 0 bridgehead atoms. The zero-order chi connectivity index (χ0) is 14.7. The molecule has 0 saturated carbocycles. The summed E-state index contributed by atoms with van der Waals surface area (Å²) in [6.45, 7) is 1.95. The third kappa shape index (κ3) is 3.14. The van der Waals surface area contributed by atoms with Crippen molar-refractivity contribution in [3.63, 3.8) is 0 Å². The molecule has 0 radical (unpaired) electrons. The summed E-state index contributed by atoms with van der Waals surface area (Å²) in [5, 5.41) is 12.9. The van der Waals surface area contributed by atoms with Crippen LogP contribution in [0, 0.1) is 5.82 Å². The zero-order valence-corrected chi connectivity index (χ0v) is 11.9. The first-order valence-electron chi connectivity index (χ1n) is 6.09. The summed E-state index contributed by atoms with van der Waals surface area (Å²) in [4.78, 5) is 0. The third-order valence-electron chi connectivity index (χ3n) is 3.01. The lowest BCUT2D eigenvalue weighted by Crippen LogP contribution is -2.06. The summed E-state index contributed by atoms with van der Waals surface area (Å²) in [5.74, 6) is 0.0535. The van der Waals surface area contributed by atoms with E-state index < -0.39 is 5.82 Å². The Morgan fingerprint density at radius 1 is 1.25 bits per heavy atom. The van der Waals surface area contributed by atoms with Gasteiger partial charge in [0.1, 0.15) is 5.82 Å². The molecule has 0 aliphatic carbocycles. The van der Waals surface area contributed by atoms with E-state index in [-0.39, 0.29) is 16.8 Å². The fraction of sp³-hybridized carbons (Fsp3) is 0.200. The van der Waals surface area contributed by atoms with Gasteiger partial charge in [0.2, 0.25) is 0 Å². The highest BCUT2D eigenvalue weighted by molar-refractivity contribution is 6.31. The monoisotopic (exact) mass is 295 g/mol. The number of ether oxygens (including phenoxy) is 1. The van der Waals surface area contributed by atoms with Crippen molar-refractivity contribution in [3.8, 4) is 11.5 Å². The summed E-state index contributed by atoms with van der Waals surface area (Å²) >= 11 is 5.74. The average molecular weight is 296 g/mol. The Morgan fingerprint density at radius 2 is 2.00 bits per heavy atom. The molecular formula is C15H15ClFNO2. The number of hydrogen-bond donors (Lipinski definition) is 2. The van der Waals surface area contributed by atoms with E-state index in [1.54, 1.807) is 24.3 Å². The Hall–Kier alpha value is -1.94. The Labute approximate surface area is 122 Å². The van der Waals surface area contributed by atoms with Crippen molar-refractivity contribution < 1.29 is 14.2 Å². The second kappa shape index (κ2) is 6.01. The van der Waals surface area contributed by atoms with Crippen LogP contribution in [-0.2, 0) is 0 Å². The lowest BCUT2D eigenvalue weighted by molar-refractivity contribution is 0.373. The van der Waals surface area contributed by atoms with Gasteiger partial charge in [-0.2, -0.15) is 0 Å². The Balaban J connectivity index is 2.19. The van der Waals surface area contributed by atoms with Crippen LogP contribution in [0.4, 0.5) is 10.1 Å². The second-order valence-electron chi connectivity index (χ2n) is 4.43. The fourth-order valence-electron chi connectivity index (χ4n) is 1.88. The van der Waals surface area contributed by atoms with Gasteiger partial charge in [-0.1, -0.05) is 17.7 Å². The SMILES string of the molecule is COc1cc(C(C)Nc2ccc(F)c(Cl)c2)ccc1O. The Bertz CT molecular complexity index is 619. The quantitative estimate of drug-likeness (QED) is 0.880. The largest absolute Gasteiger partial charge is 0.504 e. The van der Waals surface area contributed by atoms with Crippen LogP contribution in [0.25, 0.3) is 0 Å². The summed E-state index contributed by atoms with van der Waals surface area (Å²) in [5.41, 5.74) is 1.65. The van der Waals surface area contributed by atoms with Gasteiger partial charge < -0.3 is 15.2 Å². The molecule has 2 aromatic rings. The predicted octanol–water partition coefficient (Wildman–Crippen LogP) is 4.37. The van der Waals surface area contributed by atoms with E-state index >= 15 is 0 Å². The lowest BCUT2D eigenvalue weighted by Gasteiger charge is -2.17. The van der Waals surface area contributed by atoms with Gasteiger partial charge in [0.05, 0.1) is 12.1 Å². The molecule has 2 aromatic carbocycles. The van der Waals surface area contributed by atoms with Crippen molar-refractivity contribution in [2.75, 3.05) is 12.4 Å². The van der Waals surface area contributed by atoms with Crippen LogP contribution in [0.3, 0.4) is 0 Å². The Kier molecular flexibility index (Phi) is 4.35. The second-order valence-corrected chi connectivity index (χ2v) is 4.83. The van der Waals surface area contributed by atoms with Crippen LogP contribution >= 0.6 is 11.6 Å². The first kappa shape index (κ1) is 14.5. The molecule has 106 valence electrons. The van der Waals surface area contributed by atoms with Crippen molar-refractivity contribution in [2.45, 2.75) is 13.0 Å². The van der Waals surface area contributed by atoms with Gasteiger partial charge in [-0.3, -0.25) is 0 Å². The van der Waals surface area contributed by atoms with Gasteiger partial charge in [0.25, 0.3) is 0 Å². The van der Waals surface area contributed by atoms with E-state index in [0.29, 0.717) is 5.75 Å². The molecule has 0 amide bonds. The molecule has 1 unspecified atom stereocenters. The minimum Gasteiger partial charge on any atom is -0.504 e. The third-order valence-corrected chi connectivity index (χ3v) is 3.30. The number of halogens is 2. The predicted molar refractivity (Wildman–Crippen MR) is 78.1 cm³/mol. The topological polar surface area (TPSA) is 41.5 Å². The summed E-state index contributed by atoms with van der Waals surface area (Å²) < 4.78 is 18.2. The molecule has 2 N–H and O–H groups in total. The van der Waals surface area contributed by atoms with E-state index in [1.807, 2.05) is 6.92 Å². The van der Waals surface area contributed by atoms with Crippen LogP contribution in [0.2, 0.25) is 5.02 Å². The van der Waals surface area contributed by atoms with Crippen LogP contribution in [0.5, 0.6) is 11.5 Å². The molecule has 0 aromatic heterocycles. The van der Waals surface area contributed by atoms with Crippen molar-refractivity contribution in [1.29, 1.82) is 0 Å². The molecule has 2 rings (SSSR count). The van der Waals surface area contributed by atoms with Gasteiger partial charge in [0.15, 0.2) is 11.5 Å². The van der Waals surface area contributed by atoms with Crippen LogP contribution < -0.4 is 10.1 Å². The minimum absolute atomic E-state index is 0.0500. The number of phenolic OH excluding ortho intramolecular Hbond substituents is 1. The van der Waals surface area contributed by atoms with E-state index in [2.05, 4.69) is 5.32 Å². The number of methoxy groups -OCH3 is 1. The summed E-state index contributed by atoms with van der Waals surface area (Å²) in [6, 6.07) is 9.53. The van der Waals surface area contributed by atoms with Crippen molar-refractivity contribution in [1.82, 2.24) is 0 Å². The smallest absolute Gasteiger partial charge is 0.160 e. The number of rotatable bonds is 4. The summed E-state index contributed by atoms with van der Waals surface area (Å²) in [6.07, 6.45) is 0. The molecule has 0 aliphatic rings. The number of aromatic hydroxyl groups is 1. The number of nitrogens with one attached hydrogen (secondary N) is 1. The number of benzene rings is 2. The number of phenols is 1. The molecular weight excluding hydrogens is 281 g/mol. The summed E-state index contributed by atoms with van der Waals surface area (Å²) in [7, 11) is 1.50. The highest BCUT2D eigenvalue weighted by atomic mass is 35.5. The lowest BCUT2D eigenvalue weighted by atomic mass is 10.1. The first-order valence-corrected chi connectivity index (χ1v) is 6.47. The molecule has 0 aliphatic heterocycles.